The van der Waals surface area contributed by atoms with Gasteiger partial charge in [-0.15, -0.1) is 0 Å². The van der Waals surface area contributed by atoms with Crippen LogP contribution in [-0.2, 0) is 14.3 Å². The van der Waals surface area contributed by atoms with Gasteiger partial charge in [0.2, 0.25) is 0 Å². The Hall–Kier alpha value is -1.87. The lowest BCUT2D eigenvalue weighted by atomic mass is 10.2. The number of thioether (sulfide) groups is 1. The Bertz CT molecular complexity index is 745. The zero-order valence-corrected chi connectivity index (χ0v) is 17.5. The fourth-order valence-corrected chi connectivity index (χ4v) is 2.78. The summed E-state index contributed by atoms with van der Waals surface area (Å²) in [6, 6.07) is 4.33. The Morgan fingerprint density at radius 2 is 2.00 bits per heavy atom. The van der Waals surface area contributed by atoms with Crippen LogP contribution >= 0.6 is 27.7 Å². The van der Waals surface area contributed by atoms with Crippen LogP contribution in [0.15, 0.2) is 32.6 Å². The number of nitrogens with zero attached hydrogens (tertiary/aromatic N) is 1. The van der Waals surface area contributed by atoms with Gasteiger partial charge in [0, 0.05) is 17.1 Å². The Balaban J connectivity index is 3.06. The lowest BCUT2D eigenvalue weighted by Crippen LogP contribution is -2.35. The first kappa shape index (κ1) is 22.2. The van der Waals surface area contributed by atoms with E-state index in [-0.39, 0.29) is 15.6 Å². The molecule has 0 aliphatic carbocycles. The minimum atomic E-state index is -0.719. The maximum absolute atomic E-state index is 14.0. The smallest absolute Gasteiger partial charge is 0.413 e. The average molecular weight is 447 g/mol. The summed E-state index contributed by atoms with van der Waals surface area (Å²) in [4.78, 5) is 27.9. The number of halogens is 2. The van der Waals surface area contributed by atoms with Crippen molar-refractivity contribution in [3.8, 4) is 0 Å². The molecule has 0 aromatic heterocycles. The van der Waals surface area contributed by atoms with Crippen LogP contribution < -0.4 is 5.32 Å². The molecule has 0 bridgehead atoms. The van der Waals surface area contributed by atoms with Crippen LogP contribution in [0, 0.1) is 5.82 Å². The van der Waals surface area contributed by atoms with Crippen molar-refractivity contribution in [2.24, 2.45) is 4.99 Å². The van der Waals surface area contributed by atoms with Gasteiger partial charge >= 0.3 is 12.1 Å². The third kappa shape index (κ3) is 7.57. The van der Waals surface area contributed by atoms with Crippen LogP contribution in [0.3, 0.4) is 0 Å². The third-order valence-corrected chi connectivity index (χ3v) is 4.12. The second kappa shape index (κ2) is 9.72. The summed E-state index contributed by atoms with van der Waals surface area (Å²) in [6.07, 6.45) is 0.599. The third-order valence-electron chi connectivity index (χ3n) is 2.65. The monoisotopic (exact) mass is 446 g/mol. The molecule has 0 heterocycles. The maximum Gasteiger partial charge on any atom is 0.413 e. The molecule has 1 aromatic carbocycles. The lowest BCUT2D eigenvalue weighted by Gasteiger charge is -2.20. The highest BCUT2D eigenvalue weighted by Gasteiger charge is 2.20. The van der Waals surface area contributed by atoms with Crippen LogP contribution in [0.25, 0.3) is 6.08 Å². The largest absolute Gasteiger partial charge is 0.465 e. The molecule has 9 heteroatoms. The normalized spacial score (nSPS) is 12.6. The Labute approximate surface area is 164 Å². The predicted octanol–water partition coefficient (Wildman–Crippen LogP) is 4.35. The first-order valence-electron chi connectivity index (χ1n) is 7.45. The lowest BCUT2D eigenvalue weighted by molar-refractivity contribution is -0.135. The predicted molar refractivity (Wildman–Crippen MR) is 104 cm³/mol. The molecule has 1 N–H and O–H groups in total. The van der Waals surface area contributed by atoms with Crippen molar-refractivity contribution in [3.63, 3.8) is 0 Å². The minimum absolute atomic E-state index is 0.0427. The molecule has 0 saturated heterocycles. The summed E-state index contributed by atoms with van der Waals surface area (Å²) < 4.78 is 24.5. The highest BCUT2D eigenvalue weighted by Crippen LogP contribution is 2.25. The number of methoxy groups -OCH3 is 1. The fraction of sp³-hybridized carbons (Fsp3) is 0.353. The number of ether oxygens (including phenoxy) is 2. The molecule has 1 rings (SSSR count). The first-order valence-corrected chi connectivity index (χ1v) is 9.06. The summed E-state index contributed by atoms with van der Waals surface area (Å²) in [6.45, 7) is 5.16. The van der Waals surface area contributed by atoms with Crippen molar-refractivity contribution in [3.05, 3.63) is 39.0 Å². The molecule has 0 saturated carbocycles. The van der Waals surface area contributed by atoms with Gasteiger partial charge in [0.15, 0.2) is 5.17 Å². The number of alkyl carbamates (subject to hydrolysis) is 1. The van der Waals surface area contributed by atoms with E-state index in [4.69, 9.17) is 9.47 Å². The average Bonchev–Trinajstić information content (AvgIpc) is 2.54. The topological polar surface area (TPSA) is 77.0 Å². The number of aliphatic imine (C=N–C) groups is 1. The summed E-state index contributed by atoms with van der Waals surface area (Å²) in [5, 5.41) is 2.55. The number of nitrogens with one attached hydrogen (secondary N) is 1. The Morgan fingerprint density at radius 1 is 1.35 bits per heavy atom. The van der Waals surface area contributed by atoms with Crippen molar-refractivity contribution in [1.82, 2.24) is 5.32 Å². The number of hydrogen-bond donors (Lipinski definition) is 1. The van der Waals surface area contributed by atoms with Crippen LogP contribution in [0.4, 0.5) is 9.18 Å². The van der Waals surface area contributed by atoms with Crippen LogP contribution in [0.2, 0.25) is 0 Å². The van der Waals surface area contributed by atoms with Gasteiger partial charge in [0.25, 0.3) is 0 Å². The Morgan fingerprint density at radius 3 is 2.54 bits per heavy atom. The van der Waals surface area contributed by atoms with Gasteiger partial charge < -0.3 is 9.47 Å². The molecule has 6 nitrogen and oxygen atoms in total. The van der Waals surface area contributed by atoms with Gasteiger partial charge in [-0.3, -0.25) is 10.3 Å². The van der Waals surface area contributed by atoms with Gasteiger partial charge in [0.1, 0.15) is 16.3 Å². The molecule has 1 amide bonds. The molecule has 0 atom stereocenters. The molecule has 142 valence electrons. The number of benzene rings is 1. The van der Waals surface area contributed by atoms with E-state index in [0.717, 1.165) is 11.8 Å². The zero-order chi connectivity index (χ0) is 19.9. The first-order chi connectivity index (χ1) is 12.1. The summed E-state index contributed by atoms with van der Waals surface area (Å²) in [5.41, 5.74) is -0.506. The molecular weight excluding hydrogens is 427 g/mol. The maximum atomic E-state index is 14.0. The van der Waals surface area contributed by atoms with Crippen molar-refractivity contribution < 1.29 is 23.5 Å². The van der Waals surface area contributed by atoms with Gasteiger partial charge in [-0.05, 0) is 56.8 Å². The Kier molecular flexibility index (Phi) is 8.29. The highest BCUT2D eigenvalue weighted by atomic mass is 79.9. The summed E-state index contributed by atoms with van der Waals surface area (Å²) >= 11 is 4.08. The number of carbonyl (C=O) groups excluding carboxylic acids is 2. The van der Waals surface area contributed by atoms with E-state index in [0.29, 0.717) is 4.47 Å². The SMILES string of the molecule is CN=C(NC(=O)OC(C)(C)C)S/C(=C\c1cc(Br)ccc1F)C(=O)OC. The van der Waals surface area contributed by atoms with Gasteiger partial charge in [-0.1, -0.05) is 15.9 Å². The molecule has 0 fully saturated rings. The fourth-order valence-electron chi connectivity index (χ4n) is 1.62. The van der Waals surface area contributed by atoms with E-state index >= 15 is 0 Å². The molecule has 26 heavy (non-hydrogen) atoms. The zero-order valence-electron chi connectivity index (χ0n) is 15.1. The van der Waals surface area contributed by atoms with E-state index in [2.05, 4.69) is 26.2 Å². The highest BCUT2D eigenvalue weighted by molar-refractivity contribution is 9.10. The second-order valence-corrected chi connectivity index (χ2v) is 7.87. The van der Waals surface area contributed by atoms with Gasteiger partial charge in [-0.2, -0.15) is 0 Å². The van der Waals surface area contributed by atoms with Gasteiger partial charge in [-0.25, -0.2) is 14.0 Å². The number of amidine groups is 1. The number of esters is 1. The van der Waals surface area contributed by atoms with Crippen LogP contribution in [0.1, 0.15) is 26.3 Å². The van der Waals surface area contributed by atoms with E-state index < -0.39 is 23.5 Å². The van der Waals surface area contributed by atoms with Crippen molar-refractivity contribution >= 4 is 51.0 Å². The molecule has 0 unspecified atom stereocenters. The number of carbonyl (C=O) groups is 2. The molecule has 0 radical (unpaired) electrons. The quantitative estimate of drug-likeness (QED) is 0.323. The number of hydrogen-bond acceptors (Lipinski definition) is 6. The van der Waals surface area contributed by atoms with Crippen molar-refractivity contribution in [2.45, 2.75) is 26.4 Å². The summed E-state index contributed by atoms with van der Waals surface area (Å²) in [5.74, 6) is -1.20. The number of rotatable bonds is 3. The van der Waals surface area contributed by atoms with E-state index in [1.165, 1.54) is 32.4 Å². The molecule has 0 spiro atoms. The van der Waals surface area contributed by atoms with E-state index in [1.807, 2.05) is 0 Å². The molecule has 1 aromatic rings. The molecule has 0 aliphatic heterocycles. The van der Waals surface area contributed by atoms with Crippen LogP contribution in [-0.4, -0.2) is 37.0 Å². The minimum Gasteiger partial charge on any atom is -0.465 e. The van der Waals surface area contributed by atoms with Crippen LogP contribution in [0.5, 0.6) is 0 Å². The second-order valence-electron chi connectivity index (χ2n) is 5.92. The number of amides is 1. The van der Waals surface area contributed by atoms with Crippen molar-refractivity contribution in [2.75, 3.05) is 14.2 Å². The molecular formula is C17H20BrFN2O4S. The summed E-state index contributed by atoms with van der Waals surface area (Å²) in [7, 11) is 2.65. The van der Waals surface area contributed by atoms with Crippen molar-refractivity contribution in [1.29, 1.82) is 0 Å². The standard InChI is InChI=1S/C17H20BrFN2O4S/c1-17(2,3)25-16(23)21-15(20-4)26-13(14(22)24-5)9-10-8-11(18)6-7-12(10)19/h6-9H,1-5H3,(H,20,21,23)/b13-9-. The van der Waals surface area contributed by atoms with E-state index in [9.17, 15) is 14.0 Å². The molecule has 0 aliphatic rings. The van der Waals surface area contributed by atoms with E-state index in [1.54, 1.807) is 26.8 Å². The van der Waals surface area contributed by atoms with Gasteiger partial charge in [0.05, 0.1) is 7.11 Å².